The number of thiocarbonyl (C=S) groups is 1. The molecule has 0 amide bonds. The van der Waals surface area contributed by atoms with E-state index < -0.39 is 11.7 Å². The second-order valence-electron chi connectivity index (χ2n) is 4.88. The van der Waals surface area contributed by atoms with Gasteiger partial charge in [0, 0.05) is 23.8 Å². The third-order valence-corrected chi connectivity index (χ3v) is 3.21. The van der Waals surface area contributed by atoms with Crippen molar-refractivity contribution in [1.82, 2.24) is 0 Å². The molecule has 1 aromatic rings. The minimum atomic E-state index is -4.45. The Bertz CT molecular complexity index is 484. The fraction of sp³-hybridized carbons (Fsp3) is 0.500. The normalized spacial score (nSPS) is 11.8. The molecular formula is C14H19F3N2S. The summed E-state index contributed by atoms with van der Waals surface area (Å²) in [5.41, 5.74) is 5.25. The third-order valence-electron chi connectivity index (χ3n) is 2.99. The average molecular weight is 304 g/mol. The van der Waals surface area contributed by atoms with Gasteiger partial charge in [0.05, 0.1) is 5.56 Å². The smallest absolute Gasteiger partial charge is 0.389 e. The van der Waals surface area contributed by atoms with E-state index in [0.717, 1.165) is 19.0 Å². The van der Waals surface area contributed by atoms with Crippen molar-refractivity contribution in [3.8, 4) is 0 Å². The van der Waals surface area contributed by atoms with Crippen LogP contribution in [0.15, 0.2) is 18.2 Å². The SMILES string of the molecule is CCCN(c1ccc(C(F)(F)F)c(C(N)=S)c1)C(C)C. The maximum atomic E-state index is 12.9. The lowest BCUT2D eigenvalue weighted by atomic mass is 10.0. The van der Waals surface area contributed by atoms with E-state index in [4.69, 9.17) is 18.0 Å². The summed E-state index contributed by atoms with van der Waals surface area (Å²) in [6, 6.07) is 4.14. The van der Waals surface area contributed by atoms with Crippen molar-refractivity contribution >= 4 is 22.9 Å². The predicted octanol–water partition coefficient (Wildman–Crippen LogP) is 3.96. The summed E-state index contributed by atoms with van der Waals surface area (Å²) < 4.78 is 38.8. The maximum absolute atomic E-state index is 12.9. The molecule has 0 atom stereocenters. The molecule has 0 aliphatic carbocycles. The van der Waals surface area contributed by atoms with Gasteiger partial charge in [-0.15, -0.1) is 0 Å². The quantitative estimate of drug-likeness (QED) is 0.835. The van der Waals surface area contributed by atoms with Crippen LogP contribution < -0.4 is 10.6 Å². The number of alkyl halides is 3. The second-order valence-corrected chi connectivity index (χ2v) is 5.32. The number of hydrogen-bond acceptors (Lipinski definition) is 2. The highest BCUT2D eigenvalue weighted by molar-refractivity contribution is 7.80. The van der Waals surface area contributed by atoms with Crippen LogP contribution in [0, 0.1) is 0 Å². The highest BCUT2D eigenvalue weighted by atomic mass is 32.1. The number of nitrogens with two attached hydrogens (primary N) is 1. The van der Waals surface area contributed by atoms with Gasteiger partial charge in [0.2, 0.25) is 0 Å². The van der Waals surface area contributed by atoms with Crippen molar-refractivity contribution in [1.29, 1.82) is 0 Å². The van der Waals surface area contributed by atoms with Crippen LogP contribution in [-0.2, 0) is 6.18 Å². The van der Waals surface area contributed by atoms with Gasteiger partial charge in [-0.2, -0.15) is 13.2 Å². The number of halogens is 3. The zero-order valence-electron chi connectivity index (χ0n) is 11.8. The lowest BCUT2D eigenvalue weighted by Crippen LogP contribution is -2.32. The molecule has 0 fully saturated rings. The fourth-order valence-corrected chi connectivity index (χ4v) is 2.26. The number of benzene rings is 1. The van der Waals surface area contributed by atoms with Gasteiger partial charge in [-0.25, -0.2) is 0 Å². The minimum Gasteiger partial charge on any atom is -0.389 e. The van der Waals surface area contributed by atoms with Gasteiger partial charge >= 0.3 is 6.18 Å². The molecule has 2 N–H and O–H groups in total. The van der Waals surface area contributed by atoms with Gasteiger partial charge in [-0.3, -0.25) is 0 Å². The van der Waals surface area contributed by atoms with Crippen molar-refractivity contribution in [2.45, 2.75) is 39.4 Å². The summed E-state index contributed by atoms with van der Waals surface area (Å²) in [7, 11) is 0. The van der Waals surface area contributed by atoms with Crippen LogP contribution in [0.4, 0.5) is 18.9 Å². The Morgan fingerprint density at radius 2 is 1.95 bits per heavy atom. The Balaban J connectivity index is 3.32. The third kappa shape index (κ3) is 3.85. The molecule has 0 radical (unpaired) electrons. The number of anilines is 1. The van der Waals surface area contributed by atoms with Crippen molar-refractivity contribution < 1.29 is 13.2 Å². The molecule has 0 bridgehead atoms. The molecule has 0 aliphatic heterocycles. The van der Waals surface area contributed by atoms with Gasteiger partial charge in [0.25, 0.3) is 0 Å². The highest BCUT2D eigenvalue weighted by Gasteiger charge is 2.34. The first kappa shape index (κ1) is 16.8. The van der Waals surface area contributed by atoms with Crippen LogP contribution in [-0.4, -0.2) is 17.6 Å². The molecule has 0 aliphatic rings. The van der Waals surface area contributed by atoms with E-state index in [0.29, 0.717) is 5.69 Å². The van der Waals surface area contributed by atoms with Crippen LogP contribution in [0.2, 0.25) is 0 Å². The lowest BCUT2D eigenvalue weighted by molar-refractivity contribution is -0.137. The summed E-state index contributed by atoms with van der Waals surface area (Å²) in [4.78, 5) is 1.79. The largest absolute Gasteiger partial charge is 0.417 e. The van der Waals surface area contributed by atoms with E-state index in [1.54, 1.807) is 0 Å². The van der Waals surface area contributed by atoms with Crippen molar-refractivity contribution in [3.05, 3.63) is 29.3 Å². The van der Waals surface area contributed by atoms with E-state index in [-0.39, 0.29) is 16.6 Å². The first-order valence-electron chi connectivity index (χ1n) is 6.46. The van der Waals surface area contributed by atoms with Crippen molar-refractivity contribution in [3.63, 3.8) is 0 Å². The molecular weight excluding hydrogens is 285 g/mol. The first-order chi connectivity index (χ1) is 9.18. The van der Waals surface area contributed by atoms with Crippen molar-refractivity contribution in [2.75, 3.05) is 11.4 Å². The average Bonchev–Trinajstić information content (AvgIpc) is 2.33. The standard InChI is InChI=1S/C14H19F3N2S/c1-4-7-19(9(2)3)10-5-6-12(14(15,16)17)11(8-10)13(18)20/h5-6,8-9H,4,7H2,1-3H3,(H2,18,20). The first-order valence-corrected chi connectivity index (χ1v) is 6.87. The summed E-state index contributed by atoms with van der Waals surface area (Å²) in [5.74, 6) is 0. The molecule has 0 unspecified atom stereocenters. The summed E-state index contributed by atoms with van der Waals surface area (Å²) in [6.45, 7) is 6.77. The predicted molar refractivity (Wildman–Crippen MR) is 80.1 cm³/mol. The van der Waals surface area contributed by atoms with Gasteiger partial charge < -0.3 is 10.6 Å². The van der Waals surface area contributed by atoms with Crippen LogP contribution >= 0.6 is 12.2 Å². The molecule has 0 saturated carbocycles. The zero-order chi connectivity index (χ0) is 15.5. The molecule has 0 aromatic heterocycles. The Labute approximate surface area is 122 Å². The Morgan fingerprint density at radius 3 is 2.35 bits per heavy atom. The van der Waals surface area contributed by atoms with E-state index >= 15 is 0 Å². The number of nitrogens with zero attached hydrogens (tertiary/aromatic N) is 1. The van der Waals surface area contributed by atoms with E-state index in [1.165, 1.54) is 12.1 Å². The van der Waals surface area contributed by atoms with Gasteiger partial charge in [-0.1, -0.05) is 19.1 Å². The molecule has 1 rings (SSSR count). The fourth-order valence-electron chi connectivity index (χ4n) is 2.09. The summed E-state index contributed by atoms with van der Waals surface area (Å²) >= 11 is 4.75. The van der Waals surface area contributed by atoms with E-state index in [1.807, 2.05) is 25.7 Å². The Kier molecular flexibility index (Phi) is 5.39. The lowest BCUT2D eigenvalue weighted by Gasteiger charge is -2.29. The van der Waals surface area contributed by atoms with E-state index in [2.05, 4.69) is 0 Å². The summed E-state index contributed by atoms with van der Waals surface area (Å²) in [5, 5.41) is 0. The summed E-state index contributed by atoms with van der Waals surface area (Å²) in [6.07, 6.45) is -3.55. The monoisotopic (exact) mass is 304 g/mol. The molecule has 0 heterocycles. The highest BCUT2D eigenvalue weighted by Crippen LogP contribution is 2.34. The van der Waals surface area contributed by atoms with Crippen molar-refractivity contribution in [2.24, 2.45) is 5.73 Å². The molecule has 2 nitrogen and oxygen atoms in total. The second kappa shape index (κ2) is 6.43. The van der Waals surface area contributed by atoms with Crippen LogP contribution in [0.25, 0.3) is 0 Å². The van der Waals surface area contributed by atoms with E-state index in [9.17, 15) is 13.2 Å². The topological polar surface area (TPSA) is 29.3 Å². The molecule has 112 valence electrons. The molecule has 1 aromatic carbocycles. The molecule has 20 heavy (non-hydrogen) atoms. The van der Waals surface area contributed by atoms with Crippen LogP contribution in [0.5, 0.6) is 0 Å². The Hall–Kier alpha value is -1.30. The molecule has 0 saturated heterocycles. The number of hydrogen-bond donors (Lipinski definition) is 1. The van der Waals surface area contributed by atoms with Gasteiger partial charge in [-0.05, 0) is 38.5 Å². The zero-order valence-corrected chi connectivity index (χ0v) is 12.6. The Morgan fingerprint density at radius 1 is 1.35 bits per heavy atom. The van der Waals surface area contributed by atoms with Gasteiger partial charge in [0.15, 0.2) is 0 Å². The van der Waals surface area contributed by atoms with Crippen LogP contribution in [0.1, 0.15) is 38.3 Å². The number of rotatable bonds is 5. The molecule has 0 spiro atoms. The van der Waals surface area contributed by atoms with Gasteiger partial charge in [0.1, 0.15) is 4.99 Å². The minimum absolute atomic E-state index is 0.119. The molecule has 6 heteroatoms. The van der Waals surface area contributed by atoms with Crippen LogP contribution in [0.3, 0.4) is 0 Å². The maximum Gasteiger partial charge on any atom is 0.417 e.